The summed E-state index contributed by atoms with van der Waals surface area (Å²) in [7, 11) is 2.98. The molecule has 0 aliphatic rings. The molecule has 0 atom stereocenters. The third-order valence-corrected chi connectivity index (χ3v) is 2.54. The molecule has 120 valence electrons. The van der Waals surface area contributed by atoms with E-state index in [1.807, 2.05) is 18.2 Å². The molecular weight excluding hydrogens is 321 g/mol. The van der Waals surface area contributed by atoms with Crippen LogP contribution in [0, 0.1) is 0 Å². The SMILES string of the molecule is COc1cccc(Cl)c1.COc1cccc(OC(F)(F)F)c1. The highest BCUT2D eigenvalue weighted by Gasteiger charge is 2.31. The van der Waals surface area contributed by atoms with Crippen molar-refractivity contribution in [3.63, 3.8) is 0 Å². The van der Waals surface area contributed by atoms with Crippen molar-refractivity contribution in [1.82, 2.24) is 0 Å². The van der Waals surface area contributed by atoms with E-state index in [2.05, 4.69) is 4.74 Å². The maximum absolute atomic E-state index is 11.7. The van der Waals surface area contributed by atoms with Crippen LogP contribution in [0.25, 0.3) is 0 Å². The first-order valence-electron chi connectivity index (χ1n) is 6.03. The van der Waals surface area contributed by atoms with Crippen LogP contribution in [0.4, 0.5) is 13.2 Å². The van der Waals surface area contributed by atoms with Crippen molar-refractivity contribution >= 4 is 11.6 Å². The van der Waals surface area contributed by atoms with Crippen LogP contribution in [0.1, 0.15) is 0 Å². The van der Waals surface area contributed by atoms with Gasteiger partial charge in [0.05, 0.1) is 14.2 Å². The predicted octanol–water partition coefficient (Wildman–Crippen LogP) is 4.94. The van der Waals surface area contributed by atoms with Gasteiger partial charge in [-0.1, -0.05) is 23.7 Å². The summed E-state index contributed by atoms with van der Waals surface area (Å²) in [6.07, 6.45) is -4.66. The lowest BCUT2D eigenvalue weighted by Crippen LogP contribution is -2.17. The molecule has 3 nitrogen and oxygen atoms in total. The van der Waals surface area contributed by atoms with Gasteiger partial charge in [-0.05, 0) is 30.3 Å². The Morgan fingerprint density at radius 1 is 0.818 bits per heavy atom. The number of alkyl halides is 3. The standard InChI is InChI=1S/C8H7F3O2.C7H7ClO/c1-12-6-3-2-4-7(5-6)13-8(9,10)11;1-9-7-4-2-3-6(8)5-7/h2-5H,1H3;2-5H,1H3. The molecule has 0 heterocycles. The van der Waals surface area contributed by atoms with Gasteiger partial charge in [-0.2, -0.15) is 0 Å². The predicted molar refractivity (Wildman–Crippen MR) is 77.7 cm³/mol. The zero-order chi connectivity index (χ0) is 16.6. The molecule has 0 radical (unpaired) electrons. The first-order valence-corrected chi connectivity index (χ1v) is 6.41. The highest BCUT2D eigenvalue weighted by atomic mass is 35.5. The molecule has 0 amide bonds. The first-order chi connectivity index (χ1) is 10.3. The zero-order valence-electron chi connectivity index (χ0n) is 11.9. The number of hydrogen-bond acceptors (Lipinski definition) is 3. The normalized spacial score (nSPS) is 10.3. The van der Waals surface area contributed by atoms with Gasteiger partial charge >= 0.3 is 6.36 Å². The van der Waals surface area contributed by atoms with Crippen molar-refractivity contribution in [2.24, 2.45) is 0 Å². The second kappa shape index (κ2) is 8.38. The molecule has 0 N–H and O–H groups in total. The Morgan fingerprint density at radius 2 is 1.32 bits per heavy atom. The summed E-state index contributed by atoms with van der Waals surface area (Å²) >= 11 is 5.64. The lowest BCUT2D eigenvalue weighted by Gasteiger charge is -2.09. The minimum atomic E-state index is -4.66. The fourth-order valence-electron chi connectivity index (χ4n) is 1.39. The lowest BCUT2D eigenvalue weighted by atomic mass is 10.3. The molecule has 0 bridgehead atoms. The van der Waals surface area contributed by atoms with Gasteiger partial charge in [0, 0.05) is 11.1 Å². The van der Waals surface area contributed by atoms with E-state index in [4.69, 9.17) is 21.1 Å². The van der Waals surface area contributed by atoms with Crippen LogP contribution < -0.4 is 14.2 Å². The van der Waals surface area contributed by atoms with E-state index in [0.29, 0.717) is 10.8 Å². The third kappa shape index (κ3) is 7.08. The van der Waals surface area contributed by atoms with Gasteiger partial charge in [0.25, 0.3) is 0 Å². The van der Waals surface area contributed by atoms with Crippen LogP contribution in [0.2, 0.25) is 5.02 Å². The summed E-state index contributed by atoms with van der Waals surface area (Å²) in [6, 6.07) is 12.6. The Hall–Kier alpha value is -2.08. The lowest BCUT2D eigenvalue weighted by molar-refractivity contribution is -0.274. The van der Waals surface area contributed by atoms with Gasteiger partial charge in [-0.3, -0.25) is 0 Å². The highest BCUT2D eigenvalue weighted by molar-refractivity contribution is 6.30. The second-order valence-corrected chi connectivity index (χ2v) is 4.32. The average Bonchev–Trinajstić information content (AvgIpc) is 2.46. The molecule has 0 aromatic heterocycles. The molecule has 0 fully saturated rings. The maximum Gasteiger partial charge on any atom is 0.573 e. The van der Waals surface area contributed by atoms with Crippen LogP contribution in [-0.2, 0) is 0 Å². The second-order valence-electron chi connectivity index (χ2n) is 3.89. The average molecular weight is 335 g/mol. The van der Waals surface area contributed by atoms with Crippen LogP contribution in [-0.4, -0.2) is 20.6 Å². The molecule has 0 spiro atoms. The minimum absolute atomic E-state index is 0.285. The maximum atomic E-state index is 11.7. The van der Waals surface area contributed by atoms with E-state index in [1.54, 1.807) is 13.2 Å². The molecule has 0 saturated carbocycles. The van der Waals surface area contributed by atoms with Gasteiger partial charge in [-0.25, -0.2) is 0 Å². The third-order valence-electron chi connectivity index (χ3n) is 2.31. The van der Waals surface area contributed by atoms with Gasteiger partial charge < -0.3 is 14.2 Å². The van der Waals surface area contributed by atoms with Gasteiger partial charge in [0.1, 0.15) is 17.2 Å². The Balaban J connectivity index is 0.000000235. The molecule has 22 heavy (non-hydrogen) atoms. The molecule has 2 rings (SSSR count). The first kappa shape index (κ1) is 18.0. The number of methoxy groups -OCH3 is 2. The number of halogens is 4. The van der Waals surface area contributed by atoms with E-state index >= 15 is 0 Å². The van der Waals surface area contributed by atoms with Crippen molar-refractivity contribution in [3.05, 3.63) is 53.6 Å². The van der Waals surface area contributed by atoms with Crippen LogP contribution in [0.3, 0.4) is 0 Å². The minimum Gasteiger partial charge on any atom is -0.497 e. The highest BCUT2D eigenvalue weighted by Crippen LogP contribution is 2.25. The summed E-state index contributed by atoms with van der Waals surface area (Å²) < 4.78 is 48.4. The summed E-state index contributed by atoms with van der Waals surface area (Å²) in [6.45, 7) is 0. The number of rotatable bonds is 3. The molecular formula is C15H14ClF3O3. The smallest absolute Gasteiger partial charge is 0.497 e. The van der Waals surface area contributed by atoms with E-state index in [1.165, 1.54) is 25.3 Å². The fraction of sp³-hybridized carbons (Fsp3) is 0.200. The molecule has 2 aromatic carbocycles. The van der Waals surface area contributed by atoms with Crippen LogP contribution in [0.5, 0.6) is 17.2 Å². The molecule has 2 aromatic rings. The van der Waals surface area contributed by atoms with Gasteiger partial charge in [0.15, 0.2) is 0 Å². The van der Waals surface area contributed by atoms with E-state index in [0.717, 1.165) is 11.8 Å². The number of ether oxygens (including phenoxy) is 3. The Bertz CT molecular complexity index is 588. The van der Waals surface area contributed by atoms with Crippen molar-refractivity contribution in [2.75, 3.05) is 14.2 Å². The van der Waals surface area contributed by atoms with E-state index in [9.17, 15) is 13.2 Å². The molecule has 0 unspecified atom stereocenters. The summed E-state index contributed by atoms with van der Waals surface area (Å²) in [5, 5.41) is 0.703. The monoisotopic (exact) mass is 334 g/mol. The van der Waals surface area contributed by atoms with E-state index in [-0.39, 0.29) is 5.75 Å². The number of benzene rings is 2. The summed E-state index contributed by atoms with van der Waals surface area (Å²) in [5.41, 5.74) is 0. The van der Waals surface area contributed by atoms with Crippen LogP contribution >= 0.6 is 11.6 Å². The van der Waals surface area contributed by atoms with Crippen LogP contribution in [0.15, 0.2) is 48.5 Å². The Morgan fingerprint density at radius 3 is 1.77 bits per heavy atom. The van der Waals surface area contributed by atoms with Crippen molar-refractivity contribution < 1.29 is 27.4 Å². The van der Waals surface area contributed by atoms with E-state index < -0.39 is 6.36 Å². The van der Waals surface area contributed by atoms with Gasteiger partial charge in [-0.15, -0.1) is 13.2 Å². The topological polar surface area (TPSA) is 27.7 Å². The number of hydrogen-bond donors (Lipinski definition) is 0. The van der Waals surface area contributed by atoms with Crippen molar-refractivity contribution in [2.45, 2.75) is 6.36 Å². The molecule has 0 aliphatic carbocycles. The molecule has 0 aliphatic heterocycles. The zero-order valence-corrected chi connectivity index (χ0v) is 12.6. The largest absolute Gasteiger partial charge is 0.573 e. The Kier molecular flexibility index (Phi) is 6.85. The van der Waals surface area contributed by atoms with Crippen molar-refractivity contribution in [1.29, 1.82) is 0 Å². The summed E-state index contributed by atoms with van der Waals surface area (Å²) in [4.78, 5) is 0. The molecule has 0 saturated heterocycles. The summed E-state index contributed by atoms with van der Waals surface area (Å²) in [5.74, 6) is 0.830. The van der Waals surface area contributed by atoms with Gasteiger partial charge in [0.2, 0.25) is 0 Å². The molecule has 7 heteroatoms. The quantitative estimate of drug-likeness (QED) is 0.795. The van der Waals surface area contributed by atoms with Crippen molar-refractivity contribution in [3.8, 4) is 17.2 Å². The Labute approximate surface area is 131 Å². The fourth-order valence-corrected chi connectivity index (χ4v) is 1.57.